The highest BCUT2D eigenvalue weighted by atomic mass is 127. The largest absolute Gasteiger partial charge is 0.381 e. The van der Waals surface area contributed by atoms with Gasteiger partial charge >= 0.3 is 0 Å². The molecule has 0 aromatic heterocycles. The maximum atomic E-state index is 8.20. The Morgan fingerprint density at radius 3 is 2.78 bits per heavy atom. The monoisotopic (exact) mass is 239 g/mol. The van der Waals surface area contributed by atoms with Gasteiger partial charge in [0.2, 0.25) is 0 Å². The summed E-state index contributed by atoms with van der Waals surface area (Å²) >= 11 is 2.25. The Morgan fingerprint density at radius 1 is 1.78 bits per heavy atom. The van der Waals surface area contributed by atoms with Crippen molar-refractivity contribution in [3.8, 4) is 6.07 Å². The molecular formula is C6H10INO. The Bertz CT molecular complexity index is 95.7. The highest BCUT2D eigenvalue weighted by molar-refractivity contribution is 14.1. The zero-order valence-electron chi connectivity index (χ0n) is 5.43. The zero-order valence-corrected chi connectivity index (χ0v) is 7.59. The summed E-state index contributed by atoms with van der Waals surface area (Å²) in [4.78, 5) is 0. The van der Waals surface area contributed by atoms with Gasteiger partial charge in [-0.2, -0.15) is 5.26 Å². The van der Waals surface area contributed by atoms with Crippen LogP contribution in [0.3, 0.4) is 0 Å². The SMILES string of the molecule is CO[C@H](CI)CCC#N. The number of hydrogen-bond donors (Lipinski definition) is 0. The lowest BCUT2D eigenvalue weighted by Gasteiger charge is -2.07. The predicted octanol–water partition coefficient (Wildman–Crippen LogP) is 1.74. The quantitative estimate of drug-likeness (QED) is 0.553. The van der Waals surface area contributed by atoms with Crippen LogP contribution in [0.15, 0.2) is 0 Å². The molecule has 0 aromatic carbocycles. The van der Waals surface area contributed by atoms with Crippen LogP contribution in [0.4, 0.5) is 0 Å². The van der Waals surface area contributed by atoms with Crippen molar-refractivity contribution in [2.24, 2.45) is 0 Å². The van der Waals surface area contributed by atoms with Crippen molar-refractivity contribution < 1.29 is 4.74 Å². The first kappa shape index (κ1) is 9.18. The van der Waals surface area contributed by atoms with Gasteiger partial charge in [-0.25, -0.2) is 0 Å². The Morgan fingerprint density at radius 2 is 2.44 bits per heavy atom. The third kappa shape index (κ3) is 4.67. The molecule has 0 aromatic rings. The van der Waals surface area contributed by atoms with Gasteiger partial charge in [-0.05, 0) is 6.42 Å². The van der Waals surface area contributed by atoms with Crippen molar-refractivity contribution in [3.05, 3.63) is 0 Å². The van der Waals surface area contributed by atoms with E-state index in [0.717, 1.165) is 10.8 Å². The zero-order chi connectivity index (χ0) is 7.11. The van der Waals surface area contributed by atoms with Gasteiger partial charge in [0.15, 0.2) is 0 Å². The van der Waals surface area contributed by atoms with Crippen LogP contribution < -0.4 is 0 Å². The first-order chi connectivity index (χ1) is 4.35. The third-order valence-electron chi connectivity index (χ3n) is 1.08. The predicted molar refractivity (Wildman–Crippen MR) is 44.5 cm³/mol. The van der Waals surface area contributed by atoms with E-state index in [9.17, 15) is 0 Å². The van der Waals surface area contributed by atoms with Crippen molar-refractivity contribution in [2.75, 3.05) is 11.5 Å². The summed E-state index contributed by atoms with van der Waals surface area (Å²) in [6, 6.07) is 2.08. The van der Waals surface area contributed by atoms with Crippen LogP contribution in [0.2, 0.25) is 0 Å². The molecule has 0 aliphatic rings. The fraction of sp³-hybridized carbons (Fsp3) is 0.833. The van der Waals surface area contributed by atoms with Crippen molar-refractivity contribution in [1.29, 1.82) is 5.26 Å². The molecule has 0 heterocycles. The smallest absolute Gasteiger partial charge is 0.0670 e. The van der Waals surface area contributed by atoms with Gasteiger partial charge in [-0.15, -0.1) is 0 Å². The van der Waals surface area contributed by atoms with E-state index in [1.165, 1.54) is 0 Å². The van der Waals surface area contributed by atoms with E-state index >= 15 is 0 Å². The van der Waals surface area contributed by atoms with E-state index in [4.69, 9.17) is 10.00 Å². The number of alkyl halides is 1. The molecule has 0 N–H and O–H groups in total. The second-order valence-electron chi connectivity index (χ2n) is 1.71. The van der Waals surface area contributed by atoms with E-state index in [1.54, 1.807) is 7.11 Å². The van der Waals surface area contributed by atoms with E-state index in [2.05, 4.69) is 28.7 Å². The van der Waals surface area contributed by atoms with Crippen LogP contribution in [-0.2, 0) is 4.74 Å². The minimum atomic E-state index is 0.269. The van der Waals surface area contributed by atoms with Crippen LogP contribution in [0.25, 0.3) is 0 Å². The van der Waals surface area contributed by atoms with Crippen LogP contribution in [-0.4, -0.2) is 17.6 Å². The number of halogens is 1. The number of rotatable bonds is 4. The molecule has 0 radical (unpaired) electrons. The number of methoxy groups -OCH3 is 1. The second-order valence-corrected chi connectivity index (χ2v) is 2.59. The Kier molecular flexibility index (Phi) is 6.43. The molecule has 0 aliphatic heterocycles. The molecule has 0 rings (SSSR count). The Hall–Kier alpha value is 0.180. The standard InChI is InChI=1S/C6H10INO/c1-9-6(5-7)3-2-4-8/h6H,2-3,5H2,1H3/t6-/m0/s1. The number of hydrogen-bond acceptors (Lipinski definition) is 2. The van der Waals surface area contributed by atoms with E-state index in [-0.39, 0.29) is 6.10 Å². The summed E-state index contributed by atoms with van der Waals surface area (Å²) < 4.78 is 6.01. The fourth-order valence-electron chi connectivity index (χ4n) is 0.484. The molecule has 3 heteroatoms. The highest BCUT2D eigenvalue weighted by Gasteiger charge is 2.02. The summed E-state index contributed by atoms with van der Waals surface area (Å²) in [5.41, 5.74) is 0. The number of nitriles is 1. The minimum absolute atomic E-state index is 0.269. The Balaban J connectivity index is 3.22. The average Bonchev–Trinajstić information content (AvgIpc) is 1.91. The van der Waals surface area contributed by atoms with Gasteiger partial charge in [-0.3, -0.25) is 0 Å². The van der Waals surface area contributed by atoms with Crippen molar-refractivity contribution in [3.63, 3.8) is 0 Å². The lowest BCUT2D eigenvalue weighted by Crippen LogP contribution is -2.10. The van der Waals surface area contributed by atoms with Crippen LogP contribution >= 0.6 is 22.6 Å². The molecule has 52 valence electrons. The van der Waals surface area contributed by atoms with Gasteiger partial charge < -0.3 is 4.74 Å². The molecule has 0 bridgehead atoms. The average molecular weight is 239 g/mol. The lowest BCUT2D eigenvalue weighted by atomic mass is 10.2. The maximum Gasteiger partial charge on any atom is 0.0670 e. The molecule has 0 spiro atoms. The van der Waals surface area contributed by atoms with Gasteiger partial charge in [0.25, 0.3) is 0 Å². The van der Waals surface area contributed by atoms with Crippen molar-refractivity contribution in [2.45, 2.75) is 18.9 Å². The first-order valence-electron chi connectivity index (χ1n) is 2.80. The van der Waals surface area contributed by atoms with Gasteiger partial charge in [0, 0.05) is 18.0 Å². The van der Waals surface area contributed by atoms with Crippen LogP contribution in [0, 0.1) is 11.3 Å². The van der Waals surface area contributed by atoms with Gasteiger partial charge in [0.1, 0.15) is 0 Å². The molecule has 1 atom stereocenters. The van der Waals surface area contributed by atoms with Crippen LogP contribution in [0.5, 0.6) is 0 Å². The van der Waals surface area contributed by atoms with Gasteiger partial charge in [0.05, 0.1) is 12.2 Å². The second kappa shape index (κ2) is 6.30. The molecule has 2 nitrogen and oxygen atoms in total. The summed E-state index contributed by atoms with van der Waals surface area (Å²) in [6.07, 6.45) is 1.72. The lowest BCUT2D eigenvalue weighted by molar-refractivity contribution is 0.118. The summed E-state index contributed by atoms with van der Waals surface area (Å²) in [5.74, 6) is 0. The van der Waals surface area contributed by atoms with Crippen molar-refractivity contribution in [1.82, 2.24) is 0 Å². The molecule has 0 amide bonds. The van der Waals surface area contributed by atoms with E-state index < -0.39 is 0 Å². The maximum absolute atomic E-state index is 8.20. The number of nitrogens with zero attached hydrogens (tertiary/aromatic N) is 1. The summed E-state index contributed by atoms with van der Waals surface area (Å²) in [7, 11) is 1.68. The van der Waals surface area contributed by atoms with Crippen LogP contribution in [0.1, 0.15) is 12.8 Å². The molecule has 0 saturated carbocycles. The minimum Gasteiger partial charge on any atom is -0.381 e. The topological polar surface area (TPSA) is 33.0 Å². The molecule has 0 unspecified atom stereocenters. The molecule has 0 fully saturated rings. The fourth-order valence-corrected chi connectivity index (χ4v) is 1.28. The van der Waals surface area contributed by atoms with Crippen molar-refractivity contribution >= 4 is 22.6 Å². The normalized spacial score (nSPS) is 12.6. The molecule has 9 heavy (non-hydrogen) atoms. The van der Waals surface area contributed by atoms with E-state index in [1.807, 2.05) is 0 Å². The number of ether oxygens (including phenoxy) is 1. The highest BCUT2D eigenvalue weighted by Crippen LogP contribution is 2.03. The summed E-state index contributed by atoms with van der Waals surface area (Å²) in [5, 5.41) is 8.20. The summed E-state index contributed by atoms with van der Waals surface area (Å²) in [6.45, 7) is 0. The Labute approximate surface area is 69.3 Å². The molecule has 0 aliphatic carbocycles. The molecular weight excluding hydrogens is 229 g/mol. The first-order valence-corrected chi connectivity index (χ1v) is 4.33. The molecule has 0 saturated heterocycles. The van der Waals surface area contributed by atoms with E-state index in [0.29, 0.717) is 6.42 Å². The van der Waals surface area contributed by atoms with Gasteiger partial charge in [-0.1, -0.05) is 22.6 Å². The third-order valence-corrected chi connectivity index (χ3v) is 2.07.